The normalized spacial score (nSPS) is 15.0. The standard InChI is InChI=1S/C24H21F3N2O5/c25-24(26,27)17-5-7-18(8-6-17)34-21-3-1-2-14-10-15(4-9-19(14)21)22(31)28-20(13-30)16-11-29(12-16)23(32)33/h1-10,16,20,30H,11-13H2,(H,28,31)(H,32,33). The molecule has 1 saturated heterocycles. The maximum atomic E-state index is 12.8. The number of carbonyl (C=O) groups is 2. The summed E-state index contributed by atoms with van der Waals surface area (Å²) in [5.74, 6) is 0.0720. The number of carboxylic acid groups (broad SMARTS) is 1. The van der Waals surface area contributed by atoms with Gasteiger partial charge in [-0.1, -0.05) is 12.1 Å². The van der Waals surface area contributed by atoms with Gasteiger partial charge in [0, 0.05) is 30.0 Å². The maximum absolute atomic E-state index is 12.8. The van der Waals surface area contributed by atoms with Crippen LogP contribution in [0.2, 0.25) is 0 Å². The van der Waals surface area contributed by atoms with Crippen molar-refractivity contribution in [3.8, 4) is 11.5 Å². The fourth-order valence-corrected chi connectivity index (χ4v) is 3.81. The Bertz CT molecular complexity index is 1210. The number of halogens is 3. The number of aliphatic hydroxyl groups is 1. The van der Waals surface area contributed by atoms with Gasteiger partial charge in [0.25, 0.3) is 5.91 Å². The molecule has 1 unspecified atom stereocenters. The van der Waals surface area contributed by atoms with Crippen LogP contribution in [0.15, 0.2) is 60.7 Å². The van der Waals surface area contributed by atoms with E-state index >= 15 is 0 Å². The van der Waals surface area contributed by atoms with E-state index in [1.165, 1.54) is 17.0 Å². The first-order valence-corrected chi connectivity index (χ1v) is 10.4. The summed E-state index contributed by atoms with van der Waals surface area (Å²) in [7, 11) is 0. The number of rotatable bonds is 6. The SMILES string of the molecule is O=C(NC(CO)C1CN(C(=O)O)C1)c1ccc2c(Oc3ccc(C(F)(F)F)cc3)cccc2c1. The van der Waals surface area contributed by atoms with Crippen LogP contribution in [0.4, 0.5) is 18.0 Å². The van der Waals surface area contributed by atoms with Gasteiger partial charge in [-0.25, -0.2) is 4.79 Å². The number of hydrogen-bond acceptors (Lipinski definition) is 4. The van der Waals surface area contributed by atoms with Crippen LogP contribution in [0.25, 0.3) is 10.8 Å². The van der Waals surface area contributed by atoms with Crippen molar-refractivity contribution in [2.24, 2.45) is 5.92 Å². The average Bonchev–Trinajstić information content (AvgIpc) is 2.76. The molecule has 4 rings (SSSR count). The van der Waals surface area contributed by atoms with Crippen molar-refractivity contribution in [2.45, 2.75) is 12.2 Å². The topological polar surface area (TPSA) is 99.1 Å². The molecule has 0 saturated carbocycles. The Hall–Kier alpha value is -3.79. The molecule has 0 aliphatic carbocycles. The number of aliphatic hydroxyl groups excluding tert-OH is 1. The highest BCUT2D eigenvalue weighted by Crippen LogP contribution is 2.34. The molecule has 1 fully saturated rings. The average molecular weight is 474 g/mol. The number of amides is 2. The summed E-state index contributed by atoms with van der Waals surface area (Å²) in [6, 6.07) is 13.8. The highest BCUT2D eigenvalue weighted by molar-refractivity contribution is 6.00. The van der Waals surface area contributed by atoms with E-state index in [4.69, 9.17) is 9.84 Å². The van der Waals surface area contributed by atoms with Crippen LogP contribution < -0.4 is 10.1 Å². The molecular weight excluding hydrogens is 453 g/mol. The minimum absolute atomic E-state index is 0.172. The van der Waals surface area contributed by atoms with Crippen molar-refractivity contribution >= 4 is 22.8 Å². The van der Waals surface area contributed by atoms with Crippen LogP contribution in [0.1, 0.15) is 15.9 Å². The van der Waals surface area contributed by atoms with Crippen LogP contribution in [0.5, 0.6) is 11.5 Å². The van der Waals surface area contributed by atoms with E-state index in [9.17, 15) is 27.9 Å². The van der Waals surface area contributed by atoms with Gasteiger partial charge in [0.05, 0.1) is 18.2 Å². The van der Waals surface area contributed by atoms with Gasteiger partial charge in [0.2, 0.25) is 0 Å². The number of alkyl halides is 3. The summed E-state index contributed by atoms with van der Waals surface area (Å²) in [6.45, 7) is 0.162. The number of likely N-dealkylation sites (tertiary alicyclic amines) is 1. The number of benzene rings is 3. The highest BCUT2D eigenvalue weighted by Gasteiger charge is 2.36. The van der Waals surface area contributed by atoms with E-state index in [1.54, 1.807) is 36.4 Å². The molecule has 0 spiro atoms. The number of nitrogens with zero attached hydrogens (tertiary/aromatic N) is 1. The van der Waals surface area contributed by atoms with E-state index in [2.05, 4.69) is 5.32 Å². The number of nitrogens with one attached hydrogen (secondary N) is 1. The molecule has 7 nitrogen and oxygen atoms in total. The Kier molecular flexibility index (Phi) is 6.34. The molecule has 34 heavy (non-hydrogen) atoms. The predicted octanol–water partition coefficient (Wildman–Crippen LogP) is 4.35. The second-order valence-electron chi connectivity index (χ2n) is 8.03. The summed E-state index contributed by atoms with van der Waals surface area (Å²) >= 11 is 0. The van der Waals surface area contributed by atoms with Gasteiger partial charge in [-0.15, -0.1) is 0 Å². The number of hydrogen-bond donors (Lipinski definition) is 3. The summed E-state index contributed by atoms with van der Waals surface area (Å²) in [4.78, 5) is 24.9. The quantitative estimate of drug-likeness (QED) is 0.493. The second kappa shape index (κ2) is 9.22. The predicted molar refractivity (Wildman–Crippen MR) is 117 cm³/mol. The Balaban J connectivity index is 1.48. The van der Waals surface area contributed by atoms with Crippen LogP contribution in [-0.2, 0) is 6.18 Å². The van der Waals surface area contributed by atoms with E-state index in [0.717, 1.165) is 12.1 Å². The van der Waals surface area contributed by atoms with Gasteiger partial charge in [-0.3, -0.25) is 4.79 Å². The molecule has 0 radical (unpaired) electrons. The third-order valence-corrected chi connectivity index (χ3v) is 5.77. The molecular formula is C24H21F3N2O5. The van der Waals surface area contributed by atoms with E-state index in [0.29, 0.717) is 22.1 Å². The van der Waals surface area contributed by atoms with Gasteiger partial charge in [0.15, 0.2) is 0 Å². The monoisotopic (exact) mass is 474 g/mol. The van der Waals surface area contributed by atoms with Crippen LogP contribution >= 0.6 is 0 Å². The lowest BCUT2D eigenvalue weighted by Crippen LogP contribution is -2.59. The minimum atomic E-state index is -4.43. The highest BCUT2D eigenvalue weighted by atomic mass is 19.4. The first kappa shape index (κ1) is 23.4. The second-order valence-corrected chi connectivity index (χ2v) is 8.03. The lowest BCUT2D eigenvalue weighted by molar-refractivity contribution is -0.137. The molecule has 178 valence electrons. The Morgan fingerprint density at radius 3 is 2.41 bits per heavy atom. The third-order valence-electron chi connectivity index (χ3n) is 5.77. The molecule has 1 atom stereocenters. The first-order chi connectivity index (χ1) is 16.2. The van der Waals surface area contributed by atoms with Crippen molar-refractivity contribution < 1.29 is 37.7 Å². The van der Waals surface area contributed by atoms with Crippen LogP contribution in [0, 0.1) is 5.92 Å². The summed E-state index contributed by atoms with van der Waals surface area (Å²) < 4.78 is 44.1. The fourth-order valence-electron chi connectivity index (χ4n) is 3.81. The third kappa shape index (κ3) is 4.91. The largest absolute Gasteiger partial charge is 0.465 e. The number of fused-ring (bicyclic) bond motifs is 1. The number of ether oxygens (including phenoxy) is 1. The minimum Gasteiger partial charge on any atom is -0.465 e. The van der Waals surface area contributed by atoms with Crippen LogP contribution in [-0.4, -0.2) is 52.9 Å². The van der Waals surface area contributed by atoms with Crippen molar-refractivity contribution in [3.63, 3.8) is 0 Å². The van der Waals surface area contributed by atoms with Gasteiger partial charge < -0.3 is 25.2 Å². The zero-order chi connectivity index (χ0) is 24.5. The molecule has 10 heteroatoms. The molecule has 3 aromatic rings. The van der Waals surface area contributed by atoms with Gasteiger partial charge in [0.1, 0.15) is 11.5 Å². The van der Waals surface area contributed by atoms with Crippen LogP contribution in [0.3, 0.4) is 0 Å². The lowest BCUT2D eigenvalue weighted by atomic mass is 9.92. The van der Waals surface area contributed by atoms with E-state index in [1.807, 2.05) is 0 Å². The van der Waals surface area contributed by atoms with Gasteiger partial charge in [-0.05, 0) is 53.9 Å². The maximum Gasteiger partial charge on any atom is 0.416 e. The van der Waals surface area contributed by atoms with Gasteiger partial charge in [-0.2, -0.15) is 13.2 Å². The first-order valence-electron chi connectivity index (χ1n) is 10.4. The van der Waals surface area contributed by atoms with E-state index in [-0.39, 0.29) is 31.4 Å². The fraction of sp³-hybridized carbons (Fsp3) is 0.250. The molecule has 2 amide bonds. The van der Waals surface area contributed by atoms with Crippen molar-refractivity contribution in [1.29, 1.82) is 0 Å². The van der Waals surface area contributed by atoms with Gasteiger partial charge >= 0.3 is 12.3 Å². The van der Waals surface area contributed by atoms with Crippen molar-refractivity contribution in [1.82, 2.24) is 10.2 Å². The summed E-state index contributed by atoms with van der Waals surface area (Å²) in [5, 5.41) is 22.7. The Morgan fingerprint density at radius 1 is 1.09 bits per heavy atom. The summed E-state index contributed by atoms with van der Waals surface area (Å²) in [5.41, 5.74) is -0.431. The Morgan fingerprint density at radius 2 is 1.79 bits per heavy atom. The molecule has 3 aromatic carbocycles. The summed E-state index contributed by atoms with van der Waals surface area (Å²) in [6.07, 6.45) is -5.47. The zero-order valence-electron chi connectivity index (χ0n) is 17.7. The Labute approximate surface area is 192 Å². The lowest BCUT2D eigenvalue weighted by Gasteiger charge is -2.41. The molecule has 1 aliphatic rings. The molecule has 1 heterocycles. The number of carbonyl (C=O) groups excluding carboxylic acids is 1. The molecule has 0 bridgehead atoms. The van der Waals surface area contributed by atoms with Crippen molar-refractivity contribution in [2.75, 3.05) is 19.7 Å². The van der Waals surface area contributed by atoms with E-state index < -0.39 is 29.8 Å². The molecule has 0 aromatic heterocycles. The van der Waals surface area contributed by atoms with Crippen molar-refractivity contribution in [3.05, 3.63) is 71.8 Å². The molecule has 3 N–H and O–H groups in total. The molecule has 1 aliphatic heterocycles. The smallest absolute Gasteiger partial charge is 0.416 e. The zero-order valence-corrected chi connectivity index (χ0v) is 17.7.